The van der Waals surface area contributed by atoms with Crippen molar-refractivity contribution < 1.29 is 9.53 Å². The van der Waals surface area contributed by atoms with Crippen molar-refractivity contribution in [1.82, 2.24) is 0 Å². The van der Waals surface area contributed by atoms with E-state index in [0.717, 1.165) is 0 Å². The first-order valence-corrected chi connectivity index (χ1v) is 3.44. The second-order valence-corrected chi connectivity index (χ2v) is 2.39. The highest BCUT2D eigenvalue weighted by molar-refractivity contribution is 6.05. The number of nitrogens with zero attached hydrogens (tertiary/aromatic N) is 2. The summed E-state index contributed by atoms with van der Waals surface area (Å²) in [6.45, 7) is 3.80. The summed E-state index contributed by atoms with van der Waals surface area (Å²) < 4.78 is 4.78. The molecule has 0 bridgehead atoms. The van der Waals surface area contributed by atoms with Crippen molar-refractivity contribution in [1.29, 1.82) is 0 Å². The molecule has 60 valence electrons. The molecule has 0 aliphatic carbocycles. The minimum absolute atomic E-state index is 0.350. The number of ether oxygens (including phenoxy) is 1. The largest absolute Gasteiger partial charge is 0.464 e. The van der Waals surface area contributed by atoms with E-state index in [-0.39, 0.29) is 5.97 Å². The Kier molecular flexibility index (Phi) is 2.03. The Balaban J connectivity index is 2.65. The van der Waals surface area contributed by atoms with Crippen molar-refractivity contribution in [3.05, 3.63) is 0 Å². The topological polar surface area (TPSA) is 51.0 Å². The summed E-state index contributed by atoms with van der Waals surface area (Å²) in [5, 5.41) is 0. The van der Waals surface area contributed by atoms with Gasteiger partial charge in [-0.05, 0) is 13.8 Å². The first-order chi connectivity index (χ1) is 5.19. The third-order valence-corrected chi connectivity index (χ3v) is 1.41. The Labute approximate surface area is 65.0 Å². The maximum absolute atomic E-state index is 11.1. The molecule has 1 unspecified atom stereocenters. The average molecular weight is 154 g/mol. The van der Waals surface area contributed by atoms with Crippen LogP contribution in [0.1, 0.15) is 13.8 Å². The zero-order valence-electron chi connectivity index (χ0n) is 6.57. The molecule has 0 aromatic heterocycles. The minimum Gasteiger partial charge on any atom is -0.464 e. The van der Waals surface area contributed by atoms with Gasteiger partial charge in [0.2, 0.25) is 0 Å². The van der Waals surface area contributed by atoms with Crippen LogP contribution in [-0.2, 0) is 9.53 Å². The molecule has 0 fully saturated rings. The van der Waals surface area contributed by atoms with Crippen LogP contribution in [0, 0.1) is 0 Å². The van der Waals surface area contributed by atoms with Crippen molar-refractivity contribution in [3.63, 3.8) is 0 Å². The van der Waals surface area contributed by atoms with E-state index in [1.807, 2.05) is 0 Å². The van der Waals surface area contributed by atoms with Crippen molar-refractivity contribution in [2.75, 3.05) is 6.61 Å². The molecule has 0 aromatic carbocycles. The highest BCUT2D eigenvalue weighted by atomic mass is 16.5. The monoisotopic (exact) mass is 154 g/mol. The smallest absolute Gasteiger partial charge is 0.339 e. The van der Waals surface area contributed by atoms with Crippen LogP contribution in [0.25, 0.3) is 0 Å². The quantitative estimate of drug-likeness (QED) is 0.541. The Morgan fingerprint density at radius 2 is 2.45 bits per heavy atom. The zero-order chi connectivity index (χ0) is 8.32. The van der Waals surface area contributed by atoms with E-state index in [9.17, 15) is 4.79 Å². The average Bonchev–Trinajstić information content (AvgIpc) is 2.38. The van der Waals surface area contributed by atoms with E-state index in [0.29, 0.717) is 6.61 Å². The number of hydrogen-bond donors (Lipinski definition) is 0. The molecule has 0 aromatic rings. The van der Waals surface area contributed by atoms with E-state index in [4.69, 9.17) is 4.74 Å². The molecule has 4 nitrogen and oxygen atoms in total. The number of carbonyl (C=O) groups is 1. The second kappa shape index (κ2) is 2.82. The number of hydrogen-bond acceptors (Lipinski definition) is 4. The van der Waals surface area contributed by atoms with Crippen molar-refractivity contribution in [3.8, 4) is 0 Å². The van der Waals surface area contributed by atoms with Gasteiger partial charge in [0.25, 0.3) is 0 Å². The minimum atomic E-state index is -0.879. The van der Waals surface area contributed by atoms with Crippen LogP contribution in [0.2, 0.25) is 0 Å². The molecule has 0 radical (unpaired) electrons. The summed E-state index contributed by atoms with van der Waals surface area (Å²) in [5.74, 6) is -0.350. The fourth-order valence-electron chi connectivity index (χ4n) is 0.748. The second-order valence-electron chi connectivity index (χ2n) is 2.39. The van der Waals surface area contributed by atoms with Crippen LogP contribution in [0.3, 0.4) is 0 Å². The molecular formula is C7H10N2O2. The number of rotatable bonds is 2. The van der Waals surface area contributed by atoms with Crippen molar-refractivity contribution in [2.45, 2.75) is 19.4 Å². The van der Waals surface area contributed by atoms with Gasteiger partial charge in [0.1, 0.15) is 6.34 Å². The van der Waals surface area contributed by atoms with Crippen LogP contribution >= 0.6 is 0 Å². The zero-order valence-corrected chi connectivity index (χ0v) is 6.57. The molecule has 0 N–H and O–H groups in total. The van der Waals surface area contributed by atoms with Gasteiger partial charge in [-0.1, -0.05) is 0 Å². The van der Waals surface area contributed by atoms with Gasteiger partial charge in [-0.3, -0.25) is 0 Å². The number of aliphatic imine (C=N–C) groups is 2. The number of carbonyl (C=O) groups excluding carboxylic acids is 1. The molecule has 1 atom stereocenters. The van der Waals surface area contributed by atoms with E-state index in [1.165, 1.54) is 12.6 Å². The molecule has 0 saturated heterocycles. The Bertz CT molecular complexity index is 208. The first-order valence-electron chi connectivity index (χ1n) is 3.44. The summed E-state index contributed by atoms with van der Waals surface area (Å²) in [6.07, 6.45) is 2.84. The van der Waals surface area contributed by atoms with E-state index in [2.05, 4.69) is 9.98 Å². The lowest BCUT2D eigenvalue weighted by atomic mass is 10.1. The van der Waals surface area contributed by atoms with Crippen molar-refractivity contribution >= 4 is 18.5 Å². The lowest BCUT2D eigenvalue weighted by molar-refractivity contribution is -0.145. The molecule has 1 aliphatic rings. The summed E-state index contributed by atoms with van der Waals surface area (Å²) in [4.78, 5) is 18.7. The van der Waals surface area contributed by atoms with E-state index >= 15 is 0 Å². The Morgan fingerprint density at radius 1 is 1.73 bits per heavy atom. The van der Waals surface area contributed by atoms with Gasteiger partial charge in [-0.2, -0.15) is 0 Å². The molecule has 4 heteroatoms. The van der Waals surface area contributed by atoms with Gasteiger partial charge in [-0.25, -0.2) is 14.8 Å². The molecule has 0 saturated carbocycles. The highest BCUT2D eigenvalue weighted by Crippen LogP contribution is 2.12. The molecule has 0 spiro atoms. The van der Waals surface area contributed by atoms with Gasteiger partial charge in [0.15, 0.2) is 5.54 Å². The third kappa shape index (κ3) is 1.45. The molecule has 11 heavy (non-hydrogen) atoms. The summed E-state index contributed by atoms with van der Waals surface area (Å²) in [6, 6.07) is 0. The van der Waals surface area contributed by atoms with Gasteiger partial charge < -0.3 is 4.74 Å². The van der Waals surface area contributed by atoms with Crippen LogP contribution < -0.4 is 0 Å². The molecule has 1 rings (SSSR count). The predicted molar refractivity (Wildman–Crippen MR) is 42.0 cm³/mol. The van der Waals surface area contributed by atoms with Gasteiger partial charge in [0, 0.05) is 6.21 Å². The number of esters is 1. The Morgan fingerprint density at radius 3 is 2.91 bits per heavy atom. The fraction of sp³-hybridized carbons (Fsp3) is 0.571. The lowest BCUT2D eigenvalue weighted by Crippen LogP contribution is -2.35. The third-order valence-electron chi connectivity index (χ3n) is 1.41. The van der Waals surface area contributed by atoms with Crippen molar-refractivity contribution in [2.24, 2.45) is 9.98 Å². The van der Waals surface area contributed by atoms with Crippen LogP contribution in [-0.4, -0.2) is 30.7 Å². The Hall–Kier alpha value is -1.19. The van der Waals surface area contributed by atoms with Crippen LogP contribution in [0.5, 0.6) is 0 Å². The van der Waals surface area contributed by atoms with E-state index in [1.54, 1.807) is 13.8 Å². The standard InChI is InChI=1S/C7H10N2O2/c1-3-11-6(10)7(2)4-8-5-9-7/h4-5H,3H2,1-2H3. The van der Waals surface area contributed by atoms with E-state index < -0.39 is 5.54 Å². The fourth-order valence-corrected chi connectivity index (χ4v) is 0.748. The van der Waals surface area contributed by atoms with Gasteiger partial charge in [0.05, 0.1) is 6.61 Å². The molecule has 1 heterocycles. The molecular weight excluding hydrogens is 144 g/mol. The maximum atomic E-state index is 11.1. The summed E-state index contributed by atoms with van der Waals surface area (Å²) in [5.41, 5.74) is -0.879. The van der Waals surface area contributed by atoms with Crippen LogP contribution in [0.15, 0.2) is 9.98 Å². The summed E-state index contributed by atoms with van der Waals surface area (Å²) >= 11 is 0. The molecule has 1 aliphatic heterocycles. The highest BCUT2D eigenvalue weighted by Gasteiger charge is 2.33. The van der Waals surface area contributed by atoms with Gasteiger partial charge in [-0.15, -0.1) is 0 Å². The summed E-state index contributed by atoms with van der Waals surface area (Å²) in [7, 11) is 0. The van der Waals surface area contributed by atoms with Crippen LogP contribution in [0.4, 0.5) is 0 Å². The first kappa shape index (κ1) is 7.91. The normalized spacial score (nSPS) is 27.5. The van der Waals surface area contributed by atoms with Gasteiger partial charge >= 0.3 is 5.97 Å². The maximum Gasteiger partial charge on any atom is 0.339 e. The molecule has 0 amide bonds. The lowest BCUT2D eigenvalue weighted by Gasteiger charge is -2.13. The SMILES string of the molecule is CCOC(=O)C1(C)C=NC=N1. The predicted octanol–water partition coefficient (Wildman–Crippen LogP) is 0.421.